The maximum atomic E-state index is 12.3. The van der Waals surface area contributed by atoms with E-state index in [9.17, 15) is 9.59 Å². The highest BCUT2D eigenvalue weighted by Crippen LogP contribution is 2.19. The van der Waals surface area contributed by atoms with Crippen LogP contribution < -0.4 is 10.6 Å². The number of carbonyl (C=O) groups excluding carboxylic acids is 2. The lowest BCUT2D eigenvalue weighted by Gasteiger charge is -2.12. The van der Waals surface area contributed by atoms with Gasteiger partial charge in [0.15, 0.2) is 0 Å². The third-order valence-corrected chi connectivity index (χ3v) is 5.04. The normalized spacial score (nSPS) is 18.9. The van der Waals surface area contributed by atoms with E-state index in [1.54, 1.807) is 24.3 Å². The Morgan fingerprint density at radius 3 is 2.37 bits per heavy atom. The summed E-state index contributed by atoms with van der Waals surface area (Å²) in [5.41, 5.74) is 2.11. The molecule has 0 spiro atoms. The van der Waals surface area contributed by atoms with Gasteiger partial charge in [0.05, 0.1) is 23.3 Å². The highest BCUT2D eigenvalue weighted by molar-refractivity contribution is 6.33. The van der Waals surface area contributed by atoms with E-state index in [1.165, 1.54) is 0 Å². The van der Waals surface area contributed by atoms with Gasteiger partial charge in [-0.05, 0) is 37.1 Å². The Morgan fingerprint density at radius 2 is 1.63 bits per heavy atom. The summed E-state index contributed by atoms with van der Waals surface area (Å²) in [5.74, 6) is -0.0377. The number of hydrogen-bond donors (Lipinski definition) is 2. The molecule has 2 aromatic rings. The van der Waals surface area contributed by atoms with Crippen LogP contribution in [-0.4, -0.2) is 37.6 Å². The van der Waals surface area contributed by atoms with Crippen molar-refractivity contribution in [2.24, 2.45) is 5.92 Å². The summed E-state index contributed by atoms with van der Waals surface area (Å²) in [6.07, 6.45) is 0.730. The van der Waals surface area contributed by atoms with E-state index in [2.05, 4.69) is 10.6 Å². The molecule has 27 heavy (non-hydrogen) atoms. The van der Waals surface area contributed by atoms with Crippen LogP contribution in [0.5, 0.6) is 0 Å². The van der Waals surface area contributed by atoms with Gasteiger partial charge in [0.25, 0.3) is 11.8 Å². The van der Waals surface area contributed by atoms with Crippen molar-refractivity contribution >= 4 is 23.4 Å². The van der Waals surface area contributed by atoms with E-state index in [4.69, 9.17) is 16.3 Å². The van der Waals surface area contributed by atoms with Gasteiger partial charge in [-0.3, -0.25) is 9.59 Å². The van der Waals surface area contributed by atoms with Crippen LogP contribution >= 0.6 is 11.6 Å². The molecule has 0 aromatic heterocycles. The lowest BCUT2D eigenvalue weighted by molar-refractivity contribution is 0.0843. The summed E-state index contributed by atoms with van der Waals surface area (Å²) in [6, 6.07) is 14.5. The highest BCUT2D eigenvalue weighted by atomic mass is 35.5. The summed E-state index contributed by atoms with van der Waals surface area (Å²) in [5, 5.41) is 6.27. The molecule has 142 valence electrons. The Bertz CT molecular complexity index is 757. The van der Waals surface area contributed by atoms with Gasteiger partial charge in [-0.25, -0.2) is 0 Å². The van der Waals surface area contributed by atoms with Crippen molar-refractivity contribution in [1.82, 2.24) is 10.6 Å². The minimum Gasteiger partial charge on any atom is -0.376 e. The topological polar surface area (TPSA) is 67.4 Å². The maximum absolute atomic E-state index is 12.3. The fourth-order valence-electron chi connectivity index (χ4n) is 3.17. The van der Waals surface area contributed by atoms with Crippen molar-refractivity contribution < 1.29 is 14.3 Å². The average molecular weight is 387 g/mol. The molecule has 0 saturated carbocycles. The van der Waals surface area contributed by atoms with Gasteiger partial charge in [-0.15, -0.1) is 0 Å². The molecule has 2 unspecified atom stereocenters. The molecule has 1 aliphatic rings. The lowest BCUT2D eigenvalue weighted by atomic mass is 10.0. The molecule has 3 rings (SSSR count). The largest absolute Gasteiger partial charge is 0.376 e. The Kier molecular flexibility index (Phi) is 6.48. The smallest absolute Gasteiger partial charge is 0.252 e. The van der Waals surface area contributed by atoms with Crippen molar-refractivity contribution in [2.75, 3.05) is 19.7 Å². The van der Waals surface area contributed by atoms with Crippen LogP contribution in [0.3, 0.4) is 0 Å². The van der Waals surface area contributed by atoms with Gasteiger partial charge in [-0.2, -0.15) is 0 Å². The molecule has 1 heterocycles. The quantitative estimate of drug-likeness (QED) is 0.801. The average Bonchev–Trinajstić information content (AvgIpc) is 3.13. The Balaban J connectivity index is 1.43. The van der Waals surface area contributed by atoms with E-state index >= 15 is 0 Å². The molecule has 0 bridgehead atoms. The van der Waals surface area contributed by atoms with Crippen LogP contribution in [0.4, 0.5) is 0 Å². The Morgan fingerprint density at radius 1 is 1.00 bits per heavy atom. The van der Waals surface area contributed by atoms with Crippen molar-refractivity contribution in [3.8, 4) is 0 Å². The van der Waals surface area contributed by atoms with Gasteiger partial charge >= 0.3 is 0 Å². The summed E-state index contributed by atoms with van der Waals surface area (Å²) in [7, 11) is 0. The number of aryl methyl sites for hydroxylation is 1. The first-order chi connectivity index (χ1) is 13.0. The predicted octanol–water partition coefficient (Wildman–Crippen LogP) is 3.21. The minimum absolute atomic E-state index is 0.0585. The van der Waals surface area contributed by atoms with Gasteiger partial charge in [-0.1, -0.05) is 41.9 Å². The van der Waals surface area contributed by atoms with Gasteiger partial charge in [0.1, 0.15) is 0 Å². The molecule has 1 saturated heterocycles. The van der Waals surface area contributed by atoms with Crippen LogP contribution in [0.15, 0.2) is 48.5 Å². The highest BCUT2D eigenvalue weighted by Gasteiger charge is 2.26. The first-order valence-electron chi connectivity index (χ1n) is 9.02. The van der Waals surface area contributed by atoms with Gasteiger partial charge < -0.3 is 15.4 Å². The number of ether oxygens (including phenoxy) is 1. The third kappa shape index (κ3) is 5.08. The Labute approximate surface area is 164 Å². The maximum Gasteiger partial charge on any atom is 0.252 e. The molecule has 1 aliphatic heterocycles. The number of halogens is 1. The first kappa shape index (κ1) is 19.4. The molecule has 2 amide bonds. The molecular weight excluding hydrogens is 364 g/mol. The van der Waals surface area contributed by atoms with E-state index in [1.807, 2.05) is 31.2 Å². The molecule has 2 atom stereocenters. The summed E-state index contributed by atoms with van der Waals surface area (Å²) in [6.45, 7) is 3.47. The SMILES string of the molecule is Cc1ccccc1C(=O)NCC1COC(CNC(=O)c2ccccc2Cl)C1. The van der Waals surface area contributed by atoms with E-state index in [0.29, 0.717) is 35.8 Å². The first-order valence-corrected chi connectivity index (χ1v) is 9.40. The van der Waals surface area contributed by atoms with Gasteiger partial charge in [0, 0.05) is 24.6 Å². The van der Waals surface area contributed by atoms with Crippen LogP contribution in [0.25, 0.3) is 0 Å². The number of carbonyl (C=O) groups is 2. The van der Waals surface area contributed by atoms with Crippen molar-refractivity contribution in [2.45, 2.75) is 19.4 Å². The number of hydrogen-bond acceptors (Lipinski definition) is 3. The zero-order valence-electron chi connectivity index (χ0n) is 15.2. The summed E-state index contributed by atoms with van der Waals surface area (Å²) in [4.78, 5) is 24.5. The second kappa shape index (κ2) is 9.02. The van der Waals surface area contributed by atoms with Crippen molar-refractivity contribution in [3.63, 3.8) is 0 Å². The molecule has 5 nitrogen and oxygen atoms in total. The van der Waals surface area contributed by atoms with Gasteiger partial charge in [0.2, 0.25) is 0 Å². The zero-order valence-corrected chi connectivity index (χ0v) is 16.0. The molecule has 0 aliphatic carbocycles. The van der Waals surface area contributed by atoms with E-state index < -0.39 is 0 Å². The minimum atomic E-state index is -0.208. The monoisotopic (exact) mass is 386 g/mol. The number of benzene rings is 2. The van der Waals surface area contributed by atoms with Crippen LogP contribution in [0.2, 0.25) is 5.02 Å². The molecular formula is C21H23ClN2O3. The molecule has 1 fully saturated rings. The molecule has 6 heteroatoms. The fraction of sp³-hybridized carbons (Fsp3) is 0.333. The second-order valence-electron chi connectivity index (χ2n) is 6.77. The molecule has 0 radical (unpaired) electrons. The molecule has 2 aromatic carbocycles. The zero-order chi connectivity index (χ0) is 19.2. The number of amides is 2. The van der Waals surface area contributed by atoms with Crippen LogP contribution in [-0.2, 0) is 4.74 Å². The van der Waals surface area contributed by atoms with Crippen LogP contribution in [0.1, 0.15) is 32.7 Å². The third-order valence-electron chi connectivity index (χ3n) is 4.71. The summed E-state index contributed by atoms with van der Waals surface area (Å²) < 4.78 is 5.74. The van der Waals surface area contributed by atoms with Crippen LogP contribution in [0, 0.1) is 12.8 Å². The fourth-order valence-corrected chi connectivity index (χ4v) is 3.39. The molecule has 2 N–H and O–H groups in total. The van der Waals surface area contributed by atoms with E-state index in [-0.39, 0.29) is 23.8 Å². The standard InChI is InChI=1S/C21H23ClN2O3/c1-14-6-2-3-7-17(14)20(25)23-11-15-10-16(27-13-15)12-24-21(26)18-8-4-5-9-19(18)22/h2-9,15-16H,10-13H2,1H3,(H,23,25)(H,24,26). The van der Waals surface area contributed by atoms with Crippen molar-refractivity contribution in [1.29, 1.82) is 0 Å². The number of rotatable bonds is 6. The lowest BCUT2D eigenvalue weighted by Crippen LogP contribution is -2.33. The predicted molar refractivity (Wildman–Crippen MR) is 105 cm³/mol. The van der Waals surface area contributed by atoms with Crippen molar-refractivity contribution in [3.05, 3.63) is 70.2 Å². The second-order valence-corrected chi connectivity index (χ2v) is 7.18. The Hall–Kier alpha value is -2.37. The van der Waals surface area contributed by atoms with E-state index in [0.717, 1.165) is 12.0 Å². The summed E-state index contributed by atoms with van der Waals surface area (Å²) >= 11 is 6.04. The number of nitrogens with one attached hydrogen (secondary N) is 2.